The molecular formula is C15H17N3O. The van der Waals surface area contributed by atoms with E-state index in [1.807, 2.05) is 29.8 Å². The third kappa shape index (κ3) is 2.26. The Morgan fingerprint density at radius 2 is 2.05 bits per heavy atom. The first-order chi connectivity index (χ1) is 9.28. The van der Waals surface area contributed by atoms with Gasteiger partial charge in [-0.1, -0.05) is 24.3 Å². The number of hydrogen-bond acceptors (Lipinski definition) is 2. The van der Waals surface area contributed by atoms with Crippen molar-refractivity contribution in [3.05, 3.63) is 53.6 Å². The van der Waals surface area contributed by atoms with E-state index in [9.17, 15) is 4.79 Å². The number of carbonyl (C=O) groups is 1. The minimum atomic E-state index is -0.0790. The minimum absolute atomic E-state index is 0.0790. The number of amides is 1. The number of aromatic nitrogens is 2. The molecule has 0 saturated heterocycles. The van der Waals surface area contributed by atoms with Crippen LogP contribution in [0.25, 0.3) is 0 Å². The highest BCUT2D eigenvalue weighted by molar-refractivity contribution is 5.91. The van der Waals surface area contributed by atoms with Crippen LogP contribution in [-0.4, -0.2) is 21.5 Å². The van der Waals surface area contributed by atoms with Crippen LogP contribution < -0.4 is 5.32 Å². The van der Waals surface area contributed by atoms with Crippen molar-refractivity contribution < 1.29 is 4.79 Å². The van der Waals surface area contributed by atoms with E-state index >= 15 is 0 Å². The third-order valence-corrected chi connectivity index (χ3v) is 3.65. The van der Waals surface area contributed by atoms with E-state index in [4.69, 9.17) is 0 Å². The molecule has 1 N–H and O–H groups in total. The van der Waals surface area contributed by atoms with Crippen molar-refractivity contribution in [2.75, 3.05) is 0 Å². The van der Waals surface area contributed by atoms with E-state index < -0.39 is 0 Å². The number of benzene rings is 1. The van der Waals surface area contributed by atoms with Gasteiger partial charge in [0, 0.05) is 25.0 Å². The Morgan fingerprint density at radius 3 is 2.68 bits per heavy atom. The first-order valence-corrected chi connectivity index (χ1v) is 6.66. The molecule has 0 aliphatic heterocycles. The molecule has 0 radical (unpaired) electrons. The van der Waals surface area contributed by atoms with Crippen LogP contribution in [0.5, 0.6) is 0 Å². The van der Waals surface area contributed by atoms with Gasteiger partial charge in [0.25, 0.3) is 5.91 Å². The zero-order valence-corrected chi connectivity index (χ0v) is 11.0. The maximum Gasteiger partial charge on any atom is 0.287 e. The Kier molecular flexibility index (Phi) is 3.07. The van der Waals surface area contributed by atoms with Crippen molar-refractivity contribution in [2.45, 2.75) is 32.4 Å². The quantitative estimate of drug-likeness (QED) is 0.909. The van der Waals surface area contributed by atoms with E-state index in [1.54, 1.807) is 6.20 Å². The summed E-state index contributed by atoms with van der Waals surface area (Å²) in [6, 6.07) is 8.55. The highest BCUT2D eigenvalue weighted by Gasteiger charge is 2.24. The van der Waals surface area contributed by atoms with E-state index in [-0.39, 0.29) is 11.9 Å². The van der Waals surface area contributed by atoms with Crippen LogP contribution in [0.3, 0.4) is 0 Å². The first kappa shape index (κ1) is 12.0. The van der Waals surface area contributed by atoms with Gasteiger partial charge in [0.05, 0.1) is 0 Å². The van der Waals surface area contributed by atoms with Crippen LogP contribution >= 0.6 is 0 Å². The molecule has 1 heterocycles. The molecule has 19 heavy (non-hydrogen) atoms. The summed E-state index contributed by atoms with van der Waals surface area (Å²) in [5.74, 6) is 0.420. The zero-order valence-electron chi connectivity index (χ0n) is 11.0. The molecule has 0 unspecified atom stereocenters. The van der Waals surface area contributed by atoms with Gasteiger partial charge in [-0.05, 0) is 30.9 Å². The number of imidazole rings is 1. The second kappa shape index (κ2) is 4.88. The fourth-order valence-electron chi connectivity index (χ4n) is 2.68. The lowest BCUT2D eigenvalue weighted by Crippen LogP contribution is -2.36. The molecule has 98 valence electrons. The summed E-state index contributed by atoms with van der Waals surface area (Å²) in [7, 11) is 0. The minimum Gasteiger partial charge on any atom is -0.346 e. The predicted molar refractivity (Wildman–Crippen MR) is 73.0 cm³/mol. The Bertz CT molecular complexity index is 578. The summed E-state index contributed by atoms with van der Waals surface area (Å²) in [5.41, 5.74) is 2.68. The number of fused-ring (bicyclic) bond motifs is 1. The van der Waals surface area contributed by atoms with Gasteiger partial charge in [0.15, 0.2) is 5.82 Å². The molecule has 0 atom stereocenters. The monoisotopic (exact) mass is 255 g/mol. The Labute approximate surface area is 112 Å². The molecule has 1 amide bonds. The van der Waals surface area contributed by atoms with Crippen molar-refractivity contribution in [1.82, 2.24) is 14.9 Å². The van der Waals surface area contributed by atoms with E-state index in [1.165, 1.54) is 11.1 Å². The Morgan fingerprint density at radius 1 is 1.37 bits per heavy atom. The molecule has 2 aromatic rings. The lowest BCUT2D eigenvalue weighted by molar-refractivity contribution is 0.0924. The maximum atomic E-state index is 12.2. The van der Waals surface area contributed by atoms with Gasteiger partial charge in [0.2, 0.25) is 0 Å². The second-order valence-electron chi connectivity index (χ2n) is 4.88. The molecule has 4 nitrogen and oxygen atoms in total. The van der Waals surface area contributed by atoms with Crippen LogP contribution in [0.1, 0.15) is 28.7 Å². The molecule has 0 bridgehead atoms. The molecule has 4 heteroatoms. The average molecular weight is 255 g/mol. The molecule has 0 saturated carbocycles. The first-order valence-electron chi connectivity index (χ1n) is 6.66. The largest absolute Gasteiger partial charge is 0.346 e. The fourth-order valence-corrected chi connectivity index (χ4v) is 2.68. The van der Waals surface area contributed by atoms with E-state index in [0.717, 1.165) is 19.4 Å². The number of carbonyl (C=O) groups excluding carboxylic acids is 1. The van der Waals surface area contributed by atoms with E-state index in [0.29, 0.717) is 5.82 Å². The zero-order chi connectivity index (χ0) is 13.2. The smallest absolute Gasteiger partial charge is 0.287 e. The summed E-state index contributed by atoms with van der Waals surface area (Å²) in [6.07, 6.45) is 5.32. The molecule has 1 aromatic carbocycles. The predicted octanol–water partition coefficient (Wildman–Crippen LogP) is 1.80. The van der Waals surface area contributed by atoms with Crippen molar-refractivity contribution in [2.24, 2.45) is 0 Å². The van der Waals surface area contributed by atoms with Gasteiger partial charge in [-0.3, -0.25) is 4.79 Å². The third-order valence-electron chi connectivity index (χ3n) is 3.65. The van der Waals surface area contributed by atoms with Crippen LogP contribution in [0.15, 0.2) is 36.7 Å². The summed E-state index contributed by atoms with van der Waals surface area (Å²) < 4.78 is 1.86. The van der Waals surface area contributed by atoms with Crippen molar-refractivity contribution in [3.8, 4) is 0 Å². The normalized spacial score (nSPS) is 14.4. The van der Waals surface area contributed by atoms with Gasteiger partial charge in [-0.2, -0.15) is 0 Å². The SMILES string of the molecule is CCn1ccnc1C(=O)NC1Cc2ccccc2C1. The topological polar surface area (TPSA) is 46.9 Å². The number of rotatable bonds is 3. The average Bonchev–Trinajstić information content (AvgIpc) is 3.03. The molecule has 3 rings (SSSR count). The molecule has 1 aliphatic carbocycles. The van der Waals surface area contributed by atoms with Gasteiger partial charge >= 0.3 is 0 Å². The molecule has 0 fully saturated rings. The number of nitrogens with zero attached hydrogens (tertiary/aromatic N) is 2. The van der Waals surface area contributed by atoms with Crippen LogP contribution in [0.2, 0.25) is 0 Å². The number of hydrogen-bond donors (Lipinski definition) is 1. The van der Waals surface area contributed by atoms with Gasteiger partial charge in [-0.25, -0.2) is 4.98 Å². The van der Waals surface area contributed by atoms with Gasteiger partial charge in [0.1, 0.15) is 0 Å². The number of nitrogens with one attached hydrogen (secondary N) is 1. The molecule has 1 aromatic heterocycles. The van der Waals surface area contributed by atoms with E-state index in [2.05, 4.69) is 22.4 Å². The Hall–Kier alpha value is -2.10. The fraction of sp³-hybridized carbons (Fsp3) is 0.333. The summed E-state index contributed by atoms with van der Waals surface area (Å²) in [6.45, 7) is 2.76. The Balaban J connectivity index is 1.69. The highest BCUT2D eigenvalue weighted by Crippen LogP contribution is 2.21. The molecule has 0 spiro atoms. The lowest BCUT2D eigenvalue weighted by atomic mass is 10.1. The maximum absolute atomic E-state index is 12.2. The summed E-state index contributed by atoms with van der Waals surface area (Å²) >= 11 is 0. The van der Waals surface area contributed by atoms with Crippen LogP contribution in [0.4, 0.5) is 0 Å². The summed E-state index contributed by atoms with van der Waals surface area (Å²) in [4.78, 5) is 16.3. The summed E-state index contributed by atoms with van der Waals surface area (Å²) in [5, 5.41) is 3.08. The van der Waals surface area contributed by atoms with Crippen molar-refractivity contribution in [3.63, 3.8) is 0 Å². The number of aryl methyl sites for hydroxylation is 1. The van der Waals surface area contributed by atoms with Crippen LogP contribution in [-0.2, 0) is 19.4 Å². The highest BCUT2D eigenvalue weighted by atomic mass is 16.2. The van der Waals surface area contributed by atoms with Crippen molar-refractivity contribution in [1.29, 1.82) is 0 Å². The molecule has 1 aliphatic rings. The van der Waals surface area contributed by atoms with Crippen LogP contribution in [0, 0.1) is 0 Å². The second-order valence-corrected chi connectivity index (χ2v) is 4.88. The standard InChI is InChI=1S/C15H17N3O/c1-2-18-8-7-16-14(18)15(19)17-13-9-11-5-3-4-6-12(11)10-13/h3-8,13H,2,9-10H2,1H3,(H,17,19). The molecular weight excluding hydrogens is 238 g/mol. The van der Waals surface area contributed by atoms with Gasteiger partial charge < -0.3 is 9.88 Å². The lowest BCUT2D eigenvalue weighted by Gasteiger charge is -2.12. The van der Waals surface area contributed by atoms with Gasteiger partial charge in [-0.15, -0.1) is 0 Å². The van der Waals surface area contributed by atoms with Crippen molar-refractivity contribution >= 4 is 5.91 Å².